The summed E-state index contributed by atoms with van der Waals surface area (Å²) < 4.78 is 29.1. The zero-order chi connectivity index (χ0) is 24.5. The quantitative estimate of drug-likeness (QED) is 0.441. The van der Waals surface area contributed by atoms with Crippen molar-refractivity contribution in [2.45, 2.75) is 37.3 Å². The van der Waals surface area contributed by atoms with Crippen LogP contribution >= 0.6 is 22.7 Å². The molecule has 1 saturated heterocycles. The van der Waals surface area contributed by atoms with E-state index in [1.54, 1.807) is 33.7 Å². The fraction of sp³-hybridized carbons (Fsp3) is 0.500. The van der Waals surface area contributed by atoms with E-state index in [9.17, 15) is 13.2 Å². The highest BCUT2D eigenvalue weighted by molar-refractivity contribution is 7.91. The van der Waals surface area contributed by atoms with Crippen LogP contribution in [0.4, 0.5) is 5.13 Å². The van der Waals surface area contributed by atoms with Crippen LogP contribution < -0.4 is 4.90 Å². The normalized spacial score (nSPS) is 17.5. The van der Waals surface area contributed by atoms with Crippen LogP contribution in [0.1, 0.15) is 30.4 Å². The third-order valence-corrected chi connectivity index (χ3v) is 10.7. The molecule has 4 rings (SSSR count). The summed E-state index contributed by atoms with van der Waals surface area (Å²) in [6.45, 7) is 6.18. The van der Waals surface area contributed by atoms with Crippen LogP contribution in [0, 0.1) is 19.8 Å². The van der Waals surface area contributed by atoms with E-state index in [0.717, 1.165) is 34.3 Å². The van der Waals surface area contributed by atoms with E-state index in [0.29, 0.717) is 35.3 Å². The second kappa shape index (κ2) is 10.4. The van der Waals surface area contributed by atoms with Gasteiger partial charge in [-0.1, -0.05) is 29.5 Å². The predicted octanol–water partition coefficient (Wildman–Crippen LogP) is 4.36. The molecule has 3 heterocycles. The maximum absolute atomic E-state index is 13.8. The van der Waals surface area contributed by atoms with E-state index in [1.807, 2.05) is 21.0 Å². The maximum Gasteiger partial charge on any atom is 0.252 e. The van der Waals surface area contributed by atoms with E-state index in [-0.39, 0.29) is 18.4 Å². The Morgan fingerprint density at radius 2 is 1.94 bits per heavy atom. The topological polar surface area (TPSA) is 73.8 Å². The number of fused-ring (bicyclic) bond motifs is 1. The van der Waals surface area contributed by atoms with Crippen molar-refractivity contribution in [1.29, 1.82) is 0 Å². The molecule has 3 aromatic rings. The average Bonchev–Trinajstić information content (AvgIpc) is 3.50. The Hall–Kier alpha value is -1.85. The zero-order valence-corrected chi connectivity index (χ0v) is 22.6. The molecule has 0 saturated carbocycles. The van der Waals surface area contributed by atoms with Gasteiger partial charge in [-0.15, -0.1) is 11.3 Å². The lowest BCUT2D eigenvalue weighted by molar-refractivity contribution is -0.123. The van der Waals surface area contributed by atoms with Crippen molar-refractivity contribution < 1.29 is 13.2 Å². The standard InChI is InChI=1S/C24H32N4O3S3/c1-17-10-11-18(2)22-21(17)25-24(33-22)28(14-7-12-26(3)4)23(29)19-8-5-13-27(16-19)34(30,31)20-9-6-15-32-20/h6,9-11,15,19H,5,7-8,12-14,16H2,1-4H3. The van der Waals surface area contributed by atoms with Gasteiger partial charge in [0.2, 0.25) is 5.91 Å². The first-order valence-electron chi connectivity index (χ1n) is 11.5. The molecule has 1 fully saturated rings. The van der Waals surface area contributed by atoms with E-state index in [4.69, 9.17) is 4.98 Å². The van der Waals surface area contributed by atoms with Gasteiger partial charge in [0.05, 0.1) is 16.1 Å². The number of hydrogen-bond acceptors (Lipinski definition) is 7. The Morgan fingerprint density at radius 3 is 2.62 bits per heavy atom. The highest BCUT2D eigenvalue weighted by atomic mass is 32.2. The van der Waals surface area contributed by atoms with Crippen LogP contribution in [-0.2, 0) is 14.8 Å². The number of carbonyl (C=O) groups is 1. The molecule has 1 amide bonds. The zero-order valence-electron chi connectivity index (χ0n) is 20.2. The van der Waals surface area contributed by atoms with Gasteiger partial charge < -0.3 is 4.90 Å². The Balaban J connectivity index is 1.61. The number of rotatable bonds is 8. The molecule has 0 aliphatic carbocycles. The van der Waals surface area contributed by atoms with Gasteiger partial charge in [-0.25, -0.2) is 13.4 Å². The number of carbonyl (C=O) groups excluding carboxylic acids is 1. The average molecular weight is 521 g/mol. The Morgan fingerprint density at radius 1 is 1.18 bits per heavy atom. The highest BCUT2D eigenvalue weighted by Crippen LogP contribution is 2.35. The summed E-state index contributed by atoms with van der Waals surface area (Å²) in [7, 11) is 0.464. The minimum absolute atomic E-state index is 0.0285. The number of thiazole rings is 1. The molecule has 10 heteroatoms. The molecular formula is C24H32N4O3S3. The minimum atomic E-state index is -3.57. The monoisotopic (exact) mass is 520 g/mol. The molecule has 0 bridgehead atoms. The second-order valence-electron chi connectivity index (χ2n) is 9.15. The Bertz CT molecular complexity index is 1210. The van der Waals surface area contributed by atoms with Crippen LogP contribution in [-0.4, -0.2) is 68.8 Å². The third kappa shape index (κ3) is 5.21. The second-order valence-corrected chi connectivity index (χ2v) is 13.2. The minimum Gasteiger partial charge on any atom is -0.309 e. The van der Waals surface area contributed by atoms with Gasteiger partial charge >= 0.3 is 0 Å². The number of benzene rings is 1. The summed E-state index contributed by atoms with van der Waals surface area (Å²) in [5.41, 5.74) is 3.18. The number of nitrogens with zero attached hydrogens (tertiary/aromatic N) is 4. The number of anilines is 1. The van der Waals surface area contributed by atoms with Crippen molar-refractivity contribution >= 4 is 54.0 Å². The highest BCUT2D eigenvalue weighted by Gasteiger charge is 2.36. The molecule has 34 heavy (non-hydrogen) atoms. The van der Waals surface area contributed by atoms with Crippen LogP contribution in [0.15, 0.2) is 33.9 Å². The first-order chi connectivity index (χ1) is 16.2. The molecule has 0 radical (unpaired) electrons. The lowest BCUT2D eigenvalue weighted by Crippen LogP contribution is -2.47. The molecule has 1 aromatic carbocycles. The summed E-state index contributed by atoms with van der Waals surface area (Å²) in [5, 5.41) is 2.47. The molecular weight excluding hydrogens is 488 g/mol. The molecule has 2 aromatic heterocycles. The number of piperidine rings is 1. The summed E-state index contributed by atoms with van der Waals surface area (Å²) in [5.74, 6) is -0.406. The summed E-state index contributed by atoms with van der Waals surface area (Å²) in [6.07, 6.45) is 2.17. The summed E-state index contributed by atoms with van der Waals surface area (Å²) in [4.78, 5) is 22.6. The van der Waals surface area contributed by atoms with E-state index in [1.165, 1.54) is 15.6 Å². The fourth-order valence-electron chi connectivity index (χ4n) is 4.33. The molecule has 1 atom stereocenters. The van der Waals surface area contributed by atoms with Gasteiger partial charge in [-0.2, -0.15) is 4.31 Å². The number of thiophene rings is 1. The molecule has 0 spiro atoms. The number of sulfonamides is 1. The number of hydrogen-bond donors (Lipinski definition) is 0. The fourth-order valence-corrected chi connectivity index (χ4v) is 8.14. The predicted molar refractivity (Wildman–Crippen MR) is 140 cm³/mol. The van der Waals surface area contributed by atoms with E-state index in [2.05, 4.69) is 24.0 Å². The van der Waals surface area contributed by atoms with Gasteiger partial charge in [0, 0.05) is 19.6 Å². The van der Waals surface area contributed by atoms with E-state index >= 15 is 0 Å². The van der Waals surface area contributed by atoms with Crippen molar-refractivity contribution in [2.24, 2.45) is 5.92 Å². The van der Waals surface area contributed by atoms with Gasteiger partial charge in [-0.05, 0) is 76.3 Å². The Labute approximate surface area is 210 Å². The van der Waals surface area contributed by atoms with Gasteiger partial charge in [-0.3, -0.25) is 9.69 Å². The van der Waals surface area contributed by atoms with Crippen molar-refractivity contribution in [3.8, 4) is 0 Å². The summed E-state index contributed by atoms with van der Waals surface area (Å²) in [6, 6.07) is 7.53. The molecule has 1 aliphatic rings. The number of amides is 1. The van der Waals surface area contributed by atoms with E-state index < -0.39 is 10.0 Å². The SMILES string of the molecule is Cc1ccc(C)c2sc(N(CCCN(C)C)C(=O)C3CCCN(S(=O)(=O)c4cccs4)C3)nc12. The first kappa shape index (κ1) is 25.2. The molecule has 7 nitrogen and oxygen atoms in total. The summed E-state index contributed by atoms with van der Waals surface area (Å²) >= 11 is 2.77. The first-order valence-corrected chi connectivity index (χ1v) is 14.7. The van der Waals surface area contributed by atoms with Crippen LogP contribution in [0.25, 0.3) is 10.2 Å². The lowest BCUT2D eigenvalue weighted by atomic mass is 9.98. The maximum atomic E-state index is 13.8. The molecule has 1 unspecified atom stereocenters. The lowest BCUT2D eigenvalue weighted by Gasteiger charge is -2.33. The van der Waals surface area contributed by atoms with Crippen molar-refractivity contribution in [3.05, 3.63) is 40.8 Å². The molecule has 0 N–H and O–H groups in total. The largest absolute Gasteiger partial charge is 0.309 e. The van der Waals surface area contributed by atoms with Crippen molar-refractivity contribution in [3.63, 3.8) is 0 Å². The van der Waals surface area contributed by atoms with Gasteiger partial charge in [0.25, 0.3) is 10.0 Å². The van der Waals surface area contributed by atoms with Crippen LogP contribution in [0.3, 0.4) is 0 Å². The smallest absolute Gasteiger partial charge is 0.252 e. The molecule has 184 valence electrons. The van der Waals surface area contributed by atoms with Crippen LogP contribution in [0.5, 0.6) is 0 Å². The van der Waals surface area contributed by atoms with Crippen molar-refractivity contribution in [1.82, 2.24) is 14.2 Å². The number of aromatic nitrogens is 1. The van der Waals surface area contributed by atoms with Gasteiger partial charge in [0.15, 0.2) is 5.13 Å². The van der Waals surface area contributed by atoms with Crippen LogP contribution in [0.2, 0.25) is 0 Å². The van der Waals surface area contributed by atoms with Crippen molar-refractivity contribution in [2.75, 3.05) is 45.2 Å². The Kier molecular flexibility index (Phi) is 7.73. The third-order valence-electron chi connectivity index (χ3n) is 6.24. The molecule has 1 aliphatic heterocycles. The number of aryl methyl sites for hydroxylation is 2. The van der Waals surface area contributed by atoms with Gasteiger partial charge in [0.1, 0.15) is 4.21 Å².